The van der Waals surface area contributed by atoms with Gasteiger partial charge in [-0.2, -0.15) is 0 Å². The molecule has 1 aromatic carbocycles. The Bertz CT molecular complexity index is 472. The molecule has 2 atom stereocenters. The van der Waals surface area contributed by atoms with Crippen molar-refractivity contribution >= 4 is 17.5 Å². The summed E-state index contributed by atoms with van der Waals surface area (Å²) in [5.74, 6) is 0.227. The molecule has 3 heteroatoms. The molecule has 19 heavy (non-hydrogen) atoms. The van der Waals surface area contributed by atoms with E-state index in [1.807, 2.05) is 35.2 Å². The molecular weight excluding hydrogens is 258 g/mol. The van der Waals surface area contributed by atoms with Gasteiger partial charge in [0, 0.05) is 17.5 Å². The van der Waals surface area contributed by atoms with E-state index in [0.717, 1.165) is 29.8 Å². The van der Waals surface area contributed by atoms with Crippen molar-refractivity contribution in [3.8, 4) is 0 Å². The van der Waals surface area contributed by atoms with Gasteiger partial charge >= 0.3 is 0 Å². The summed E-state index contributed by atoms with van der Waals surface area (Å²) in [6.07, 6.45) is 5.41. The molecule has 1 aromatic rings. The summed E-state index contributed by atoms with van der Waals surface area (Å²) >= 11 is 6.25. The summed E-state index contributed by atoms with van der Waals surface area (Å²) in [5.41, 5.74) is 1.02. The highest BCUT2D eigenvalue weighted by molar-refractivity contribution is 6.31. The molecule has 2 nitrogen and oxygen atoms in total. The highest BCUT2D eigenvalue weighted by atomic mass is 35.5. The van der Waals surface area contributed by atoms with Crippen LogP contribution in [0.4, 0.5) is 0 Å². The van der Waals surface area contributed by atoms with E-state index in [2.05, 4.69) is 13.5 Å². The second-order valence-corrected chi connectivity index (χ2v) is 5.48. The highest BCUT2D eigenvalue weighted by Crippen LogP contribution is 2.33. The van der Waals surface area contributed by atoms with Gasteiger partial charge in [-0.3, -0.25) is 4.79 Å². The van der Waals surface area contributed by atoms with E-state index in [0.29, 0.717) is 6.42 Å². The second-order valence-electron chi connectivity index (χ2n) is 5.07. The Morgan fingerprint density at radius 3 is 2.95 bits per heavy atom. The first kappa shape index (κ1) is 14.1. The number of carbonyl (C=O) groups excluding carboxylic acids is 1. The van der Waals surface area contributed by atoms with Crippen LogP contribution in [0.15, 0.2) is 36.9 Å². The van der Waals surface area contributed by atoms with Gasteiger partial charge in [0.05, 0.1) is 6.04 Å². The lowest BCUT2D eigenvalue weighted by Gasteiger charge is -2.40. The summed E-state index contributed by atoms with van der Waals surface area (Å²) in [6.45, 7) is 5.86. The fraction of sp³-hybridized carbons (Fsp3) is 0.438. The maximum absolute atomic E-state index is 12.3. The number of rotatable bonds is 4. The SMILES string of the molecule is C=CC[C@H]1CCCC(=O)N1[C@@H](C)c1ccccc1Cl. The first-order chi connectivity index (χ1) is 9.15. The van der Waals surface area contributed by atoms with Crippen LogP contribution < -0.4 is 0 Å². The van der Waals surface area contributed by atoms with Gasteiger partial charge < -0.3 is 4.90 Å². The Morgan fingerprint density at radius 1 is 1.53 bits per heavy atom. The number of likely N-dealkylation sites (tertiary alicyclic amines) is 1. The van der Waals surface area contributed by atoms with E-state index in [1.165, 1.54) is 0 Å². The van der Waals surface area contributed by atoms with E-state index < -0.39 is 0 Å². The lowest BCUT2D eigenvalue weighted by Crippen LogP contribution is -2.44. The van der Waals surface area contributed by atoms with Gasteiger partial charge in [0.25, 0.3) is 0 Å². The van der Waals surface area contributed by atoms with Gasteiger partial charge in [-0.15, -0.1) is 6.58 Å². The third kappa shape index (κ3) is 3.01. The van der Waals surface area contributed by atoms with Crippen LogP contribution in [-0.4, -0.2) is 16.8 Å². The van der Waals surface area contributed by atoms with Crippen LogP contribution in [0.1, 0.15) is 44.2 Å². The van der Waals surface area contributed by atoms with Crippen molar-refractivity contribution in [3.63, 3.8) is 0 Å². The number of hydrogen-bond donors (Lipinski definition) is 0. The summed E-state index contributed by atoms with van der Waals surface area (Å²) in [6, 6.07) is 8.04. The molecule has 1 aliphatic heterocycles. The first-order valence-corrected chi connectivity index (χ1v) is 7.19. The Labute approximate surface area is 120 Å². The lowest BCUT2D eigenvalue weighted by atomic mass is 9.94. The molecule has 0 spiro atoms. The Hall–Kier alpha value is -1.28. The molecular formula is C16H20ClNO. The number of nitrogens with zero attached hydrogens (tertiary/aromatic N) is 1. The van der Waals surface area contributed by atoms with Crippen molar-refractivity contribution in [1.29, 1.82) is 0 Å². The zero-order chi connectivity index (χ0) is 13.8. The Morgan fingerprint density at radius 2 is 2.26 bits per heavy atom. The van der Waals surface area contributed by atoms with Crippen molar-refractivity contribution in [2.24, 2.45) is 0 Å². The first-order valence-electron chi connectivity index (χ1n) is 6.81. The third-order valence-corrected chi connectivity index (χ3v) is 4.16. The fourth-order valence-electron chi connectivity index (χ4n) is 2.88. The summed E-state index contributed by atoms with van der Waals surface area (Å²) in [4.78, 5) is 14.2. The standard InChI is InChI=1S/C16H20ClNO/c1-3-7-13-8-6-11-16(19)18(13)12(2)14-9-4-5-10-15(14)17/h3-5,9-10,12-13H,1,6-8,11H2,2H3/t12-,13-/m0/s1. The maximum atomic E-state index is 12.3. The van der Waals surface area contributed by atoms with Crippen molar-refractivity contribution < 1.29 is 4.79 Å². The third-order valence-electron chi connectivity index (χ3n) is 3.82. The van der Waals surface area contributed by atoms with Crippen LogP contribution in [0, 0.1) is 0 Å². The van der Waals surface area contributed by atoms with Crippen LogP contribution in [0.3, 0.4) is 0 Å². The van der Waals surface area contributed by atoms with Crippen LogP contribution in [0.5, 0.6) is 0 Å². The average molecular weight is 278 g/mol. The van der Waals surface area contributed by atoms with E-state index in [9.17, 15) is 4.79 Å². The van der Waals surface area contributed by atoms with Gasteiger partial charge in [-0.25, -0.2) is 0 Å². The van der Waals surface area contributed by atoms with E-state index >= 15 is 0 Å². The van der Waals surface area contributed by atoms with Crippen molar-refractivity contribution in [2.75, 3.05) is 0 Å². The lowest BCUT2D eigenvalue weighted by molar-refractivity contribution is -0.139. The molecule has 2 rings (SSSR count). The normalized spacial score (nSPS) is 21.3. The molecule has 0 bridgehead atoms. The predicted octanol–water partition coefficient (Wildman–Crippen LogP) is 4.36. The number of amides is 1. The zero-order valence-corrected chi connectivity index (χ0v) is 12.1. The monoisotopic (exact) mass is 277 g/mol. The number of hydrogen-bond acceptors (Lipinski definition) is 1. The predicted molar refractivity (Wildman–Crippen MR) is 79.2 cm³/mol. The van der Waals surface area contributed by atoms with Gasteiger partial charge in [0.15, 0.2) is 0 Å². The largest absolute Gasteiger partial charge is 0.333 e. The summed E-state index contributed by atoms with van der Waals surface area (Å²) in [7, 11) is 0. The minimum atomic E-state index is 0.0199. The molecule has 0 aliphatic carbocycles. The molecule has 0 radical (unpaired) electrons. The van der Waals surface area contributed by atoms with Crippen molar-refractivity contribution in [1.82, 2.24) is 4.90 Å². The number of benzene rings is 1. The molecule has 1 heterocycles. The number of piperidine rings is 1. The topological polar surface area (TPSA) is 20.3 Å². The number of halogens is 1. The van der Waals surface area contributed by atoms with Crippen LogP contribution >= 0.6 is 11.6 Å². The van der Waals surface area contributed by atoms with E-state index in [-0.39, 0.29) is 18.0 Å². The smallest absolute Gasteiger partial charge is 0.223 e. The molecule has 0 N–H and O–H groups in total. The minimum absolute atomic E-state index is 0.0199. The molecule has 102 valence electrons. The zero-order valence-electron chi connectivity index (χ0n) is 11.3. The van der Waals surface area contributed by atoms with E-state index in [4.69, 9.17) is 11.6 Å². The molecule has 0 unspecified atom stereocenters. The van der Waals surface area contributed by atoms with Gasteiger partial charge in [-0.1, -0.05) is 35.9 Å². The average Bonchev–Trinajstić information content (AvgIpc) is 2.39. The minimum Gasteiger partial charge on any atom is -0.333 e. The Kier molecular flexibility index (Phi) is 4.65. The second kappa shape index (κ2) is 6.25. The summed E-state index contributed by atoms with van der Waals surface area (Å²) < 4.78 is 0. The fourth-order valence-corrected chi connectivity index (χ4v) is 3.17. The highest BCUT2D eigenvalue weighted by Gasteiger charge is 2.32. The quantitative estimate of drug-likeness (QED) is 0.749. The Balaban J connectivity index is 2.28. The van der Waals surface area contributed by atoms with Crippen molar-refractivity contribution in [3.05, 3.63) is 47.5 Å². The summed E-state index contributed by atoms with van der Waals surface area (Å²) in [5, 5.41) is 0.728. The number of carbonyl (C=O) groups is 1. The molecule has 1 saturated heterocycles. The van der Waals surface area contributed by atoms with Gasteiger partial charge in [-0.05, 0) is 37.8 Å². The van der Waals surface area contributed by atoms with Gasteiger partial charge in [0.2, 0.25) is 5.91 Å². The molecule has 0 saturated carbocycles. The molecule has 0 aromatic heterocycles. The maximum Gasteiger partial charge on any atom is 0.223 e. The van der Waals surface area contributed by atoms with Gasteiger partial charge in [0.1, 0.15) is 0 Å². The van der Waals surface area contributed by atoms with E-state index in [1.54, 1.807) is 0 Å². The molecule has 1 aliphatic rings. The molecule has 1 fully saturated rings. The van der Waals surface area contributed by atoms with Crippen LogP contribution in [0.2, 0.25) is 5.02 Å². The van der Waals surface area contributed by atoms with Crippen LogP contribution in [-0.2, 0) is 4.79 Å². The van der Waals surface area contributed by atoms with Crippen molar-refractivity contribution in [2.45, 2.75) is 44.7 Å². The molecule has 1 amide bonds. The van der Waals surface area contributed by atoms with Crippen LogP contribution in [0.25, 0.3) is 0 Å².